The number of carboxylic acids is 1. The number of ether oxygens (including phenoxy) is 1. The van der Waals surface area contributed by atoms with Crippen LogP contribution >= 0.6 is 0 Å². The summed E-state index contributed by atoms with van der Waals surface area (Å²) in [7, 11) is 9.72. The third-order valence-electron chi connectivity index (χ3n) is 8.07. The van der Waals surface area contributed by atoms with Gasteiger partial charge in [0.15, 0.2) is 5.75 Å². The van der Waals surface area contributed by atoms with Crippen molar-refractivity contribution < 1.29 is 34.3 Å². The van der Waals surface area contributed by atoms with E-state index in [0.717, 1.165) is 32.3 Å². The lowest BCUT2D eigenvalue weighted by atomic mass is 9.79. The molecule has 0 atom stereocenters. The van der Waals surface area contributed by atoms with Crippen molar-refractivity contribution >= 4 is 23.3 Å². The fourth-order valence-electron chi connectivity index (χ4n) is 5.43. The number of carbonyl (C=O) groups is 2. The van der Waals surface area contributed by atoms with Gasteiger partial charge in [-0.25, -0.2) is 0 Å². The number of nitrogens with one attached hydrogen (secondary N) is 3. The lowest BCUT2D eigenvalue weighted by molar-refractivity contribution is -0.786. The van der Waals surface area contributed by atoms with E-state index in [1.54, 1.807) is 24.6 Å². The second kappa shape index (κ2) is 11.4. The standard InChI is InChI=1S/C33H34N4O6/c1-18-13-27(38)31(39)26(37(18)6)17-34-32(40)19-7-10-22(33(41)42)25(14-19)30-23-11-8-20(35(2)3)15-28(23)43-29-16-21(36(4)5)9-12-24(29)30/h7-16,30,39H,17H2,1-6H3,(H,34,40)(H,41,42)/p+1. The number of aromatic hydroxyl groups is 1. The molecule has 1 aromatic heterocycles. The summed E-state index contributed by atoms with van der Waals surface area (Å²) >= 11 is 0. The first kappa shape index (κ1) is 29.6. The SMILES string of the molecule is Cc1cc(=O)c(O)c(CNC(=O)c2ccc(C(=O)[O-])c(C3c4ccc([NH+](C)C)cc4Oc4cc([NH+](C)C)ccc43)c2)n1C. The maximum Gasteiger partial charge on any atom is 0.251 e. The predicted octanol–water partition coefficient (Wildman–Crippen LogP) is 0.531. The molecule has 10 nitrogen and oxygen atoms in total. The molecule has 1 amide bonds. The molecule has 0 unspecified atom stereocenters. The van der Waals surface area contributed by atoms with E-state index in [2.05, 4.69) is 5.32 Å². The van der Waals surface area contributed by atoms with E-state index in [1.807, 2.05) is 64.6 Å². The van der Waals surface area contributed by atoms with E-state index in [4.69, 9.17) is 4.74 Å². The van der Waals surface area contributed by atoms with Crippen LogP contribution in [-0.2, 0) is 13.6 Å². The zero-order chi connectivity index (χ0) is 31.2. The predicted molar refractivity (Wildman–Crippen MR) is 159 cm³/mol. The molecule has 0 radical (unpaired) electrons. The van der Waals surface area contributed by atoms with E-state index in [9.17, 15) is 24.6 Å². The molecule has 5 rings (SSSR count). The number of aryl methyl sites for hydroxylation is 1. The van der Waals surface area contributed by atoms with Crippen LogP contribution in [0, 0.1) is 6.92 Å². The minimum atomic E-state index is -1.36. The maximum atomic E-state index is 13.4. The van der Waals surface area contributed by atoms with Crippen LogP contribution in [-0.4, -0.2) is 49.7 Å². The van der Waals surface area contributed by atoms with E-state index >= 15 is 0 Å². The highest BCUT2D eigenvalue weighted by molar-refractivity contribution is 5.97. The van der Waals surface area contributed by atoms with Gasteiger partial charge in [0.25, 0.3) is 5.91 Å². The Labute approximate surface area is 249 Å². The Morgan fingerprint density at radius 3 is 2.02 bits per heavy atom. The second-order valence-corrected chi connectivity index (χ2v) is 11.3. The summed E-state index contributed by atoms with van der Waals surface area (Å²) in [5, 5.41) is 25.5. The molecule has 4 aromatic rings. The maximum absolute atomic E-state index is 13.4. The number of hydrogen-bond donors (Lipinski definition) is 4. The third-order valence-corrected chi connectivity index (χ3v) is 8.07. The first-order valence-electron chi connectivity index (χ1n) is 14.0. The summed E-state index contributed by atoms with van der Waals surface area (Å²) in [6.45, 7) is 1.62. The van der Waals surface area contributed by atoms with Gasteiger partial charge in [0, 0.05) is 59.1 Å². The zero-order valence-electron chi connectivity index (χ0n) is 25.0. The molecular formula is C33H35N4O6+. The number of carbonyl (C=O) groups excluding carboxylic acids is 2. The van der Waals surface area contributed by atoms with Crippen LogP contribution in [0.1, 0.15) is 54.7 Å². The first-order chi connectivity index (χ1) is 20.4. The first-order valence-corrected chi connectivity index (χ1v) is 14.0. The highest BCUT2D eigenvalue weighted by atomic mass is 16.5. The average Bonchev–Trinajstić information content (AvgIpc) is 2.97. The minimum Gasteiger partial charge on any atom is -0.545 e. The molecule has 1 aliphatic rings. The summed E-state index contributed by atoms with van der Waals surface area (Å²) in [5.74, 6) is -1.63. The molecule has 4 N–H and O–H groups in total. The summed E-state index contributed by atoms with van der Waals surface area (Å²) in [5.41, 5.74) is 4.45. The normalized spacial score (nSPS) is 12.6. The van der Waals surface area contributed by atoms with Crippen LogP contribution in [0.4, 0.5) is 11.4 Å². The van der Waals surface area contributed by atoms with Crippen molar-refractivity contribution in [1.82, 2.24) is 9.88 Å². The lowest BCUT2D eigenvalue weighted by Crippen LogP contribution is -3.00. The van der Waals surface area contributed by atoms with Gasteiger partial charge in [0.05, 0.1) is 46.4 Å². The molecular weight excluding hydrogens is 548 g/mol. The van der Waals surface area contributed by atoms with Crippen molar-refractivity contribution in [2.24, 2.45) is 7.05 Å². The van der Waals surface area contributed by atoms with Gasteiger partial charge in [-0.1, -0.05) is 6.07 Å². The van der Waals surface area contributed by atoms with Gasteiger partial charge in [-0.15, -0.1) is 0 Å². The largest absolute Gasteiger partial charge is 0.545 e. The molecule has 2 heterocycles. The number of amides is 1. The van der Waals surface area contributed by atoms with Crippen LogP contribution in [0.3, 0.4) is 0 Å². The van der Waals surface area contributed by atoms with Gasteiger partial charge in [-0.2, -0.15) is 0 Å². The third kappa shape index (κ3) is 5.50. The highest BCUT2D eigenvalue weighted by Gasteiger charge is 2.32. The van der Waals surface area contributed by atoms with Crippen molar-refractivity contribution in [2.75, 3.05) is 28.2 Å². The van der Waals surface area contributed by atoms with Crippen molar-refractivity contribution in [3.8, 4) is 17.2 Å². The molecule has 10 heteroatoms. The molecule has 0 saturated carbocycles. The quantitative estimate of drug-likeness (QED) is 0.221. The van der Waals surface area contributed by atoms with Crippen LogP contribution < -0.4 is 30.4 Å². The molecule has 0 saturated heterocycles. The van der Waals surface area contributed by atoms with Gasteiger partial charge in [0.1, 0.15) is 22.9 Å². The Balaban J connectivity index is 1.61. The summed E-state index contributed by atoms with van der Waals surface area (Å²) in [6, 6.07) is 17.4. The van der Waals surface area contributed by atoms with E-state index in [1.165, 1.54) is 18.2 Å². The molecule has 0 fully saturated rings. The van der Waals surface area contributed by atoms with Gasteiger partial charge in [0.2, 0.25) is 5.43 Å². The van der Waals surface area contributed by atoms with Crippen LogP contribution in [0.2, 0.25) is 0 Å². The van der Waals surface area contributed by atoms with Crippen molar-refractivity contribution in [3.63, 3.8) is 0 Å². The van der Waals surface area contributed by atoms with E-state index in [-0.39, 0.29) is 23.4 Å². The Hall–Kier alpha value is -4.93. The number of carboxylic acid groups (broad SMARTS) is 1. The molecule has 0 aliphatic carbocycles. The smallest absolute Gasteiger partial charge is 0.251 e. The number of pyridine rings is 1. The van der Waals surface area contributed by atoms with E-state index in [0.29, 0.717) is 22.8 Å². The van der Waals surface area contributed by atoms with Crippen LogP contribution in [0.5, 0.6) is 17.2 Å². The fraction of sp³-hybridized carbons (Fsp3) is 0.242. The Kier molecular flexibility index (Phi) is 7.83. The Morgan fingerprint density at radius 2 is 1.49 bits per heavy atom. The van der Waals surface area contributed by atoms with Crippen molar-refractivity contribution in [1.29, 1.82) is 0 Å². The van der Waals surface area contributed by atoms with Gasteiger partial charge in [-0.3, -0.25) is 9.59 Å². The van der Waals surface area contributed by atoms with Crippen LogP contribution in [0.15, 0.2) is 65.5 Å². The zero-order valence-corrected chi connectivity index (χ0v) is 25.0. The van der Waals surface area contributed by atoms with Gasteiger partial charge < -0.3 is 39.4 Å². The molecule has 0 spiro atoms. The number of benzene rings is 3. The Bertz CT molecular complexity index is 1770. The number of hydrogen-bond acceptors (Lipinski definition) is 6. The average molecular weight is 584 g/mol. The number of fused-ring (bicyclic) bond motifs is 2. The summed E-state index contributed by atoms with van der Waals surface area (Å²) < 4.78 is 8.03. The van der Waals surface area contributed by atoms with Crippen molar-refractivity contribution in [3.05, 3.63) is 110 Å². The monoisotopic (exact) mass is 583 g/mol. The van der Waals surface area contributed by atoms with Crippen molar-refractivity contribution in [2.45, 2.75) is 19.4 Å². The molecule has 1 aliphatic heterocycles. The number of rotatable bonds is 7. The fourth-order valence-corrected chi connectivity index (χ4v) is 5.43. The summed E-state index contributed by atoms with van der Waals surface area (Å²) in [6.07, 6.45) is 0. The molecule has 0 bridgehead atoms. The number of nitrogens with zero attached hydrogens (tertiary/aromatic N) is 1. The molecule has 3 aromatic carbocycles. The number of quaternary nitrogens is 2. The van der Waals surface area contributed by atoms with Crippen LogP contribution in [0.25, 0.3) is 0 Å². The lowest BCUT2D eigenvalue weighted by Gasteiger charge is -2.31. The summed E-state index contributed by atoms with van der Waals surface area (Å²) in [4.78, 5) is 40.1. The second-order valence-electron chi connectivity index (χ2n) is 11.3. The van der Waals surface area contributed by atoms with Gasteiger partial charge in [-0.05, 0) is 48.9 Å². The Morgan fingerprint density at radius 1 is 0.907 bits per heavy atom. The highest BCUT2D eigenvalue weighted by Crippen LogP contribution is 2.49. The topological polar surface area (TPSA) is 130 Å². The minimum absolute atomic E-state index is 0.0382. The molecule has 222 valence electrons. The number of aromatic nitrogens is 1. The molecule has 43 heavy (non-hydrogen) atoms. The van der Waals surface area contributed by atoms with Gasteiger partial charge >= 0.3 is 0 Å². The van der Waals surface area contributed by atoms with E-state index < -0.39 is 29.0 Å². The number of aromatic carboxylic acids is 1.